The number of nitrogens with one attached hydrogen (secondary N) is 2. The van der Waals surface area contributed by atoms with E-state index in [0.717, 1.165) is 29.3 Å². The minimum absolute atomic E-state index is 0.117. The zero-order valence-electron chi connectivity index (χ0n) is 18.1. The number of carbonyl (C=O) groups is 4. The van der Waals surface area contributed by atoms with E-state index in [0.29, 0.717) is 24.1 Å². The lowest BCUT2D eigenvalue weighted by atomic mass is 9.93. The van der Waals surface area contributed by atoms with E-state index < -0.39 is 11.2 Å². The maximum atomic E-state index is 12.9. The Morgan fingerprint density at radius 2 is 1.88 bits per heavy atom. The number of hydrogen-bond donors (Lipinski definition) is 2. The molecule has 0 saturated carbocycles. The molecule has 1 aliphatic heterocycles. The van der Waals surface area contributed by atoms with Gasteiger partial charge in [0.15, 0.2) is 0 Å². The number of anilines is 1. The van der Waals surface area contributed by atoms with Crippen LogP contribution in [0, 0.1) is 5.92 Å². The van der Waals surface area contributed by atoms with Crippen LogP contribution in [0.5, 0.6) is 0 Å². The normalized spacial score (nSPS) is 16.4. The highest BCUT2D eigenvalue weighted by Crippen LogP contribution is 2.34. The minimum Gasteiger partial charge on any atom is -0.462 e. The molecule has 2 N–H and O–H groups in total. The molecule has 1 aliphatic rings. The molecule has 0 aliphatic carbocycles. The Labute approximate surface area is 191 Å². The smallest absolute Gasteiger partial charge is 0.338 e. The van der Waals surface area contributed by atoms with Crippen molar-refractivity contribution in [1.29, 1.82) is 0 Å². The van der Waals surface area contributed by atoms with Crippen molar-refractivity contribution in [3.63, 3.8) is 0 Å². The molecule has 2 aromatic rings. The summed E-state index contributed by atoms with van der Waals surface area (Å²) in [6.07, 6.45) is 2.10. The van der Waals surface area contributed by atoms with Crippen LogP contribution in [0.1, 0.15) is 53.4 Å². The van der Waals surface area contributed by atoms with E-state index in [9.17, 15) is 19.2 Å². The summed E-state index contributed by atoms with van der Waals surface area (Å²) in [5.41, 5.74) is 2.66. The van der Waals surface area contributed by atoms with Crippen LogP contribution in [0.4, 0.5) is 10.5 Å². The maximum Gasteiger partial charge on any atom is 0.338 e. The number of ether oxygens (including phenoxy) is 1. The molecule has 1 heterocycles. The molecular formula is C24H26N2O5S. The van der Waals surface area contributed by atoms with Gasteiger partial charge >= 0.3 is 5.97 Å². The van der Waals surface area contributed by atoms with Gasteiger partial charge in [-0.2, -0.15) is 0 Å². The Balaban J connectivity index is 1.67. The molecule has 2 aromatic carbocycles. The summed E-state index contributed by atoms with van der Waals surface area (Å²) in [6, 6.07) is 14.1. The van der Waals surface area contributed by atoms with E-state index in [2.05, 4.69) is 10.6 Å². The number of carbonyl (C=O) groups excluding carboxylic acids is 4. The molecule has 7 nitrogen and oxygen atoms in total. The molecule has 0 spiro atoms. The molecule has 32 heavy (non-hydrogen) atoms. The predicted molar refractivity (Wildman–Crippen MR) is 123 cm³/mol. The number of rotatable bonds is 9. The number of hydrogen-bond acceptors (Lipinski definition) is 6. The summed E-state index contributed by atoms with van der Waals surface area (Å²) in [4.78, 5) is 48.2. The third-order valence-corrected chi connectivity index (χ3v) is 6.14. The molecule has 2 unspecified atom stereocenters. The van der Waals surface area contributed by atoms with Gasteiger partial charge < -0.3 is 10.1 Å². The second-order valence-corrected chi connectivity index (χ2v) is 8.57. The van der Waals surface area contributed by atoms with Crippen molar-refractivity contribution in [2.45, 2.75) is 38.4 Å². The average molecular weight is 455 g/mol. The lowest BCUT2D eigenvalue weighted by molar-refractivity contribution is -0.120. The van der Waals surface area contributed by atoms with Gasteiger partial charge in [0.1, 0.15) is 5.25 Å². The van der Waals surface area contributed by atoms with E-state index >= 15 is 0 Å². The Morgan fingerprint density at radius 1 is 1.12 bits per heavy atom. The number of thioether (sulfide) groups is 1. The fraction of sp³-hybridized carbons (Fsp3) is 0.333. The van der Waals surface area contributed by atoms with Crippen molar-refractivity contribution in [2.24, 2.45) is 5.92 Å². The lowest BCUT2D eigenvalue weighted by Crippen LogP contribution is -2.25. The van der Waals surface area contributed by atoms with E-state index in [-0.39, 0.29) is 29.6 Å². The maximum absolute atomic E-state index is 12.9. The van der Waals surface area contributed by atoms with Crippen LogP contribution in [0.2, 0.25) is 0 Å². The van der Waals surface area contributed by atoms with Crippen molar-refractivity contribution < 1.29 is 23.9 Å². The van der Waals surface area contributed by atoms with Crippen molar-refractivity contribution >= 4 is 40.5 Å². The Morgan fingerprint density at radius 3 is 2.50 bits per heavy atom. The van der Waals surface area contributed by atoms with Crippen molar-refractivity contribution in [2.75, 3.05) is 11.9 Å². The summed E-state index contributed by atoms with van der Waals surface area (Å²) in [5, 5.41) is 4.33. The van der Waals surface area contributed by atoms with Crippen LogP contribution in [0.25, 0.3) is 0 Å². The van der Waals surface area contributed by atoms with Crippen LogP contribution in [-0.2, 0) is 20.7 Å². The molecule has 0 bridgehead atoms. The van der Waals surface area contributed by atoms with Crippen LogP contribution < -0.4 is 10.6 Å². The highest BCUT2D eigenvalue weighted by molar-refractivity contribution is 8.15. The standard InChI is InChI=1S/C24H26N2O5S/c1-3-6-17(21(27)25-19-8-5-7-18(14-19)23(29)31-4-2)13-15-9-11-16(12-10-15)20-22(28)26-24(30)32-20/h5,7-12,14,17,20H,3-4,6,13H2,1-2H3,(H,25,27)(H,26,28,30). The molecule has 0 radical (unpaired) electrons. The first-order chi connectivity index (χ1) is 15.4. The fourth-order valence-electron chi connectivity index (χ4n) is 3.55. The molecule has 1 saturated heterocycles. The first-order valence-corrected chi connectivity index (χ1v) is 11.5. The van der Waals surface area contributed by atoms with Gasteiger partial charge in [0.05, 0.1) is 12.2 Å². The minimum atomic E-state index is -0.530. The van der Waals surface area contributed by atoms with Crippen LogP contribution in [-0.4, -0.2) is 29.6 Å². The first kappa shape index (κ1) is 23.5. The van der Waals surface area contributed by atoms with E-state index in [1.54, 1.807) is 31.2 Å². The highest BCUT2D eigenvalue weighted by atomic mass is 32.2. The fourth-order valence-corrected chi connectivity index (χ4v) is 4.38. The number of benzene rings is 2. The second kappa shape index (κ2) is 10.9. The molecule has 3 amide bonds. The van der Waals surface area contributed by atoms with Crippen LogP contribution in [0.15, 0.2) is 48.5 Å². The van der Waals surface area contributed by atoms with Gasteiger partial charge in [0, 0.05) is 11.6 Å². The summed E-state index contributed by atoms with van der Waals surface area (Å²) in [6.45, 7) is 4.05. The average Bonchev–Trinajstić information content (AvgIpc) is 3.12. The predicted octanol–water partition coefficient (Wildman–Crippen LogP) is 4.48. The van der Waals surface area contributed by atoms with E-state index in [4.69, 9.17) is 4.74 Å². The van der Waals surface area contributed by atoms with Crippen LogP contribution in [0.3, 0.4) is 0 Å². The molecule has 0 aromatic heterocycles. The molecule has 168 valence electrons. The van der Waals surface area contributed by atoms with Gasteiger partial charge in [0.2, 0.25) is 11.8 Å². The first-order valence-electron chi connectivity index (χ1n) is 10.6. The van der Waals surface area contributed by atoms with Crippen molar-refractivity contribution in [3.05, 3.63) is 65.2 Å². The SMILES string of the molecule is CCCC(Cc1ccc(C2SC(=O)NC2=O)cc1)C(=O)Nc1cccc(C(=O)OCC)c1. The zero-order chi connectivity index (χ0) is 23.1. The van der Waals surface area contributed by atoms with Gasteiger partial charge in [-0.05, 0) is 60.9 Å². The molecule has 3 rings (SSSR count). The number of amides is 3. The third kappa shape index (κ3) is 5.97. The molecule has 2 atom stereocenters. The second-order valence-electron chi connectivity index (χ2n) is 7.50. The highest BCUT2D eigenvalue weighted by Gasteiger charge is 2.32. The van der Waals surface area contributed by atoms with Gasteiger partial charge in [-0.1, -0.05) is 43.7 Å². The third-order valence-electron chi connectivity index (χ3n) is 5.10. The Kier molecular flexibility index (Phi) is 8.05. The van der Waals surface area contributed by atoms with Crippen LogP contribution >= 0.6 is 11.8 Å². The quantitative estimate of drug-likeness (QED) is 0.542. The largest absolute Gasteiger partial charge is 0.462 e. The topological polar surface area (TPSA) is 102 Å². The summed E-state index contributed by atoms with van der Waals surface area (Å²) in [7, 11) is 0. The van der Waals surface area contributed by atoms with E-state index in [1.165, 1.54) is 0 Å². The number of esters is 1. The van der Waals surface area contributed by atoms with Gasteiger partial charge in [0.25, 0.3) is 5.24 Å². The van der Waals surface area contributed by atoms with E-state index in [1.807, 2.05) is 31.2 Å². The summed E-state index contributed by atoms with van der Waals surface area (Å²) in [5.74, 6) is -1.10. The van der Waals surface area contributed by atoms with Gasteiger partial charge in [-0.3, -0.25) is 19.7 Å². The molecular weight excluding hydrogens is 428 g/mol. The number of imide groups is 1. The van der Waals surface area contributed by atoms with Crippen molar-refractivity contribution in [3.8, 4) is 0 Å². The van der Waals surface area contributed by atoms with Gasteiger partial charge in [-0.15, -0.1) is 0 Å². The monoisotopic (exact) mass is 454 g/mol. The zero-order valence-corrected chi connectivity index (χ0v) is 18.9. The molecule has 8 heteroatoms. The molecule has 1 fully saturated rings. The van der Waals surface area contributed by atoms with Crippen molar-refractivity contribution in [1.82, 2.24) is 5.32 Å². The lowest BCUT2D eigenvalue weighted by Gasteiger charge is -2.17. The summed E-state index contributed by atoms with van der Waals surface area (Å²) < 4.78 is 5.02. The Bertz CT molecular complexity index is 1010. The van der Waals surface area contributed by atoms with Gasteiger partial charge in [-0.25, -0.2) is 4.79 Å². The summed E-state index contributed by atoms with van der Waals surface area (Å²) >= 11 is 0.970. The Hall–Kier alpha value is -3.13.